The molecule has 1 aliphatic rings. The molecule has 7 nitrogen and oxygen atoms in total. The average Bonchev–Trinajstić information content (AvgIpc) is 3.17. The zero-order valence-electron chi connectivity index (χ0n) is 15.2. The van der Waals surface area contributed by atoms with E-state index in [9.17, 15) is 8.42 Å². The molecule has 1 heterocycles. The van der Waals surface area contributed by atoms with E-state index in [1.165, 1.54) is 27.1 Å². The summed E-state index contributed by atoms with van der Waals surface area (Å²) in [5.41, 5.74) is 0.226. The van der Waals surface area contributed by atoms with Crippen molar-refractivity contribution >= 4 is 10.0 Å². The van der Waals surface area contributed by atoms with Gasteiger partial charge < -0.3 is 9.47 Å². The molecular formula is C16H29N3O4S. The van der Waals surface area contributed by atoms with Crippen LogP contribution in [0.1, 0.15) is 58.2 Å². The van der Waals surface area contributed by atoms with Gasteiger partial charge in [-0.25, -0.2) is 13.1 Å². The molecule has 1 saturated carbocycles. The van der Waals surface area contributed by atoms with Crippen LogP contribution in [0.3, 0.4) is 0 Å². The molecule has 24 heavy (non-hydrogen) atoms. The maximum atomic E-state index is 12.8. The van der Waals surface area contributed by atoms with Gasteiger partial charge in [0.1, 0.15) is 4.90 Å². The number of nitrogens with zero attached hydrogens (tertiary/aromatic N) is 2. The van der Waals surface area contributed by atoms with Crippen molar-refractivity contribution < 1.29 is 17.9 Å². The van der Waals surface area contributed by atoms with Crippen LogP contribution < -0.4 is 4.72 Å². The number of ether oxygens (including phenoxy) is 2. The van der Waals surface area contributed by atoms with Gasteiger partial charge in [-0.2, -0.15) is 5.10 Å². The third kappa shape index (κ3) is 4.36. The Kier molecular flexibility index (Phi) is 6.06. The van der Waals surface area contributed by atoms with Crippen LogP contribution in [0.2, 0.25) is 0 Å². The second-order valence-corrected chi connectivity index (χ2v) is 9.00. The summed E-state index contributed by atoms with van der Waals surface area (Å²) in [7, 11) is -0.745. The minimum absolute atomic E-state index is 0.0491. The fourth-order valence-corrected chi connectivity index (χ4v) is 4.32. The van der Waals surface area contributed by atoms with Gasteiger partial charge in [0.15, 0.2) is 6.29 Å². The van der Waals surface area contributed by atoms with Crippen LogP contribution in [-0.2, 0) is 24.9 Å². The zero-order valence-corrected chi connectivity index (χ0v) is 16.0. The monoisotopic (exact) mass is 359 g/mol. The van der Waals surface area contributed by atoms with Crippen LogP contribution in [-0.4, -0.2) is 45.3 Å². The maximum Gasteiger partial charge on any atom is 0.244 e. The Morgan fingerprint density at radius 1 is 1.29 bits per heavy atom. The van der Waals surface area contributed by atoms with Gasteiger partial charge in [0.05, 0.1) is 18.3 Å². The highest BCUT2D eigenvalue weighted by molar-refractivity contribution is 7.89. The minimum Gasteiger partial charge on any atom is -0.355 e. The first-order chi connectivity index (χ1) is 11.2. The summed E-state index contributed by atoms with van der Waals surface area (Å²) in [4.78, 5) is 0.243. The van der Waals surface area contributed by atoms with Gasteiger partial charge in [-0.3, -0.25) is 4.68 Å². The van der Waals surface area contributed by atoms with E-state index in [0.717, 1.165) is 12.8 Å². The number of hydrogen-bond acceptors (Lipinski definition) is 5. The molecule has 8 heteroatoms. The van der Waals surface area contributed by atoms with E-state index in [1.54, 1.807) is 6.20 Å². The van der Waals surface area contributed by atoms with Crippen molar-refractivity contribution in [1.29, 1.82) is 0 Å². The molecule has 0 saturated heterocycles. The molecule has 0 unspecified atom stereocenters. The van der Waals surface area contributed by atoms with Gasteiger partial charge >= 0.3 is 0 Å². The number of methoxy groups -OCH3 is 2. The Labute approximate surface area is 144 Å². The molecule has 0 radical (unpaired) electrons. The predicted molar refractivity (Wildman–Crippen MR) is 91.4 cm³/mol. The van der Waals surface area contributed by atoms with Crippen molar-refractivity contribution in [3.63, 3.8) is 0 Å². The fourth-order valence-electron chi connectivity index (χ4n) is 2.97. The molecule has 2 rings (SSSR count). The van der Waals surface area contributed by atoms with Crippen molar-refractivity contribution in [2.24, 2.45) is 0 Å². The lowest BCUT2D eigenvalue weighted by atomic mass is 9.92. The van der Waals surface area contributed by atoms with Crippen LogP contribution in [0.25, 0.3) is 0 Å². The highest BCUT2D eigenvalue weighted by Crippen LogP contribution is 2.33. The first kappa shape index (κ1) is 19.4. The van der Waals surface area contributed by atoms with Crippen LogP contribution >= 0.6 is 0 Å². The Bertz CT molecular complexity index is 639. The second kappa shape index (κ2) is 7.51. The molecule has 0 bridgehead atoms. The Morgan fingerprint density at radius 3 is 2.38 bits per heavy atom. The van der Waals surface area contributed by atoms with Crippen molar-refractivity contribution in [2.45, 2.75) is 69.1 Å². The Balaban J connectivity index is 2.32. The average molecular weight is 359 g/mol. The van der Waals surface area contributed by atoms with Gasteiger partial charge in [-0.15, -0.1) is 0 Å². The van der Waals surface area contributed by atoms with E-state index < -0.39 is 16.3 Å². The summed E-state index contributed by atoms with van der Waals surface area (Å²) in [6.45, 7) is 5.97. The van der Waals surface area contributed by atoms with Gasteiger partial charge in [0, 0.05) is 25.8 Å². The number of nitrogens with one attached hydrogen (secondary N) is 1. The lowest BCUT2D eigenvalue weighted by Gasteiger charge is -2.19. The fraction of sp³-hybridized carbons (Fsp3) is 0.812. The third-order valence-corrected chi connectivity index (χ3v) is 5.79. The number of hydrogen-bond donors (Lipinski definition) is 1. The van der Waals surface area contributed by atoms with Gasteiger partial charge in [-0.05, 0) is 12.8 Å². The van der Waals surface area contributed by atoms with Crippen LogP contribution in [0, 0.1) is 0 Å². The van der Waals surface area contributed by atoms with Crippen molar-refractivity contribution in [1.82, 2.24) is 14.5 Å². The molecule has 1 aliphatic carbocycles. The lowest BCUT2D eigenvalue weighted by Crippen LogP contribution is -2.35. The van der Waals surface area contributed by atoms with Crippen molar-refractivity contribution in [3.05, 3.63) is 11.9 Å². The van der Waals surface area contributed by atoms with E-state index in [4.69, 9.17) is 9.47 Å². The largest absolute Gasteiger partial charge is 0.355 e. The molecule has 0 spiro atoms. The predicted octanol–water partition coefficient (Wildman–Crippen LogP) is 2.19. The van der Waals surface area contributed by atoms with E-state index in [0.29, 0.717) is 11.7 Å². The molecule has 1 N–H and O–H groups in total. The SMILES string of the molecule is COC(CNS(=O)(=O)c1cn(C2CCCC2)nc1C(C)(C)C)OC. The summed E-state index contributed by atoms with van der Waals surface area (Å²) in [6, 6.07) is 0.292. The summed E-state index contributed by atoms with van der Waals surface area (Å²) >= 11 is 0. The first-order valence-electron chi connectivity index (χ1n) is 8.34. The zero-order chi connectivity index (χ0) is 18.0. The van der Waals surface area contributed by atoms with Gasteiger partial charge in [-0.1, -0.05) is 33.6 Å². The summed E-state index contributed by atoms with van der Waals surface area (Å²) in [6.07, 6.45) is 5.48. The molecular weight excluding hydrogens is 330 g/mol. The number of sulfonamides is 1. The highest BCUT2D eigenvalue weighted by Gasteiger charge is 2.32. The summed E-state index contributed by atoms with van der Waals surface area (Å²) < 4.78 is 40.1. The molecule has 1 fully saturated rings. The van der Waals surface area contributed by atoms with E-state index in [-0.39, 0.29) is 16.9 Å². The number of rotatable bonds is 7. The first-order valence-corrected chi connectivity index (χ1v) is 9.82. The maximum absolute atomic E-state index is 12.8. The highest BCUT2D eigenvalue weighted by atomic mass is 32.2. The number of aromatic nitrogens is 2. The minimum atomic E-state index is -3.69. The molecule has 138 valence electrons. The van der Waals surface area contributed by atoms with E-state index in [2.05, 4.69) is 9.82 Å². The van der Waals surface area contributed by atoms with Gasteiger partial charge in [0.2, 0.25) is 10.0 Å². The van der Waals surface area contributed by atoms with Crippen LogP contribution in [0.15, 0.2) is 11.1 Å². The standard InChI is InChI=1S/C16H29N3O4S/c1-16(2,3)15-13(11-19(18-15)12-8-6-7-9-12)24(20,21)17-10-14(22-4)23-5/h11-12,14,17H,6-10H2,1-5H3. The van der Waals surface area contributed by atoms with Crippen molar-refractivity contribution in [2.75, 3.05) is 20.8 Å². The van der Waals surface area contributed by atoms with Crippen LogP contribution in [0.4, 0.5) is 0 Å². The molecule has 1 aromatic heterocycles. The molecule has 1 aromatic rings. The third-order valence-electron chi connectivity index (χ3n) is 4.36. The smallest absolute Gasteiger partial charge is 0.244 e. The topological polar surface area (TPSA) is 82.5 Å². The molecule has 0 aliphatic heterocycles. The molecule has 0 amide bonds. The Hall–Kier alpha value is -0.960. The summed E-state index contributed by atoms with van der Waals surface area (Å²) in [5.74, 6) is 0. The Morgan fingerprint density at radius 2 is 1.88 bits per heavy atom. The van der Waals surface area contributed by atoms with Gasteiger partial charge in [0.25, 0.3) is 0 Å². The molecule has 0 aromatic carbocycles. The molecule has 0 atom stereocenters. The quantitative estimate of drug-likeness (QED) is 0.755. The normalized spacial score (nSPS) is 17.1. The van der Waals surface area contributed by atoms with E-state index >= 15 is 0 Å². The van der Waals surface area contributed by atoms with E-state index in [1.807, 2.05) is 25.5 Å². The summed E-state index contributed by atoms with van der Waals surface area (Å²) in [5, 5.41) is 4.63. The second-order valence-electron chi connectivity index (χ2n) is 7.26. The van der Waals surface area contributed by atoms with Crippen LogP contribution in [0.5, 0.6) is 0 Å². The van der Waals surface area contributed by atoms with Crippen molar-refractivity contribution in [3.8, 4) is 0 Å². The lowest BCUT2D eigenvalue weighted by molar-refractivity contribution is -0.0960.